The van der Waals surface area contributed by atoms with Gasteiger partial charge in [-0.15, -0.1) is 0 Å². The van der Waals surface area contributed by atoms with Crippen molar-refractivity contribution in [3.63, 3.8) is 0 Å². The van der Waals surface area contributed by atoms with E-state index in [9.17, 15) is 9.59 Å². The molecule has 7 nitrogen and oxygen atoms in total. The van der Waals surface area contributed by atoms with E-state index in [1.54, 1.807) is 36.4 Å². The molecule has 0 atom stereocenters. The first kappa shape index (κ1) is 18.4. The molecule has 7 heteroatoms. The van der Waals surface area contributed by atoms with Crippen molar-refractivity contribution in [2.75, 3.05) is 18.2 Å². The second kappa shape index (κ2) is 8.35. The molecule has 0 spiro atoms. The molecule has 3 rings (SSSR count). The number of nitrogens with zero attached hydrogens (tertiary/aromatic N) is 2. The van der Waals surface area contributed by atoms with Gasteiger partial charge in [-0.1, -0.05) is 0 Å². The summed E-state index contributed by atoms with van der Waals surface area (Å²) >= 11 is 0. The molecule has 2 aromatic carbocycles. The van der Waals surface area contributed by atoms with E-state index >= 15 is 0 Å². The summed E-state index contributed by atoms with van der Waals surface area (Å²) in [6.07, 6.45) is 0.944. The number of anilines is 1. The zero-order valence-electron chi connectivity index (χ0n) is 15.4. The number of hydrazone groups is 1. The van der Waals surface area contributed by atoms with Gasteiger partial charge in [0.2, 0.25) is 0 Å². The van der Waals surface area contributed by atoms with Crippen LogP contribution in [0.5, 0.6) is 5.75 Å². The lowest BCUT2D eigenvalue weighted by Gasteiger charge is -2.14. The number of carbonyl (C=O) groups excluding carboxylic acids is 2. The maximum absolute atomic E-state index is 12.2. The molecule has 1 aliphatic rings. The molecule has 1 aliphatic heterocycles. The van der Waals surface area contributed by atoms with Crippen LogP contribution in [-0.4, -0.2) is 30.7 Å². The minimum atomic E-state index is -0.398. The number of carbonyl (C=O) groups is 2. The summed E-state index contributed by atoms with van der Waals surface area (Å²) in [7, 11) is 0. The highest BCUT2D eigenvalue weighted by molar-refractivity contribution is 5.99. The summed E-state index contributed by atoms with van der Waals surface area (Å²) in [5.74, 6) is -0.0949. The number of rotatable bonds is 5. The maximum atomic E-state index is 12.2. The summed E-state index contributed by atoms with van der Waals surface area (Å²) in [5.41, 5.74) is 7.74. The number of hydrogen-bond donors (Lipinski definition) is 2. The molecule has 0 aromatic heterocycles. The van der Waals surface area contributed by atoms with Crippen LogP contribution in [0.2, 0.25) is 0 Å². The van der Waals surface area contributed by atoms with Gasteiger partial charge >= 0.3 is 0 Å². The lowest BCUT2D eigenvalue weighted by Crippen LogP contribution is -2.41. The normalized spacial score (nSPS) is 13.1. The van der Waals surface area contributed by atoms with Crippen LogP contribution in [0.3, 0.4) is 0 Å². The maximum Gasteiger partial charge on any atom is 0.269 e. The predicted octanol–water partition coefficient (Wildman–Crippen LogP) is 2.75. The first-order chi connectivity index (χ1) is 13.1. The van der Waals surface area contributed by atoms with E-state index in [1.807, 2.05) is 31.0 Å². The van der Waals surface area contributed by atoms with Crippen LogP contribution in [0, 0.1) is 0 Å². The van der Waals surface area contributed by atoms with Gasteiger partial charge in [-0.05, 0) is 62.4 Å². The zero-order valence-corrected chi connectivity index (χ0v) is 15.4. The minimum absolute atomic E-state index is 0.387. The standard InChI is InChI=1S/C20H22N4O3/c1-3-27-18-10-6-16(7-11-18)20(26)22-21-19(25)15-4-8-17(9-5-15)24-13-12-14(2)23-24/h4-11H,3,12-13H2,1-2H3,(H,21,25)(H,22,26). The van der Waals surface area contributed by atoms with Crippen molar-refractivity contribution in [1.29, 1.82) is 0 Å². The molecular weight excluding hydrogens is 344 g/mol. The SMILES string of the molecule is CCOc1ccc(C(=O)NNC(=O)c2ccc(N3CCC(C)=N3)cc2)cc1. The number of ether oxygens (including phenoxy) is 1. The van der Waals surface area contributed by atoms with Crippen LogP contribution < -0.4 is 20.6 Å². The van der Waals surface area contributed by atoms with Gasteiger partial charge in [-0.3, -0.25) is 25.4 Å². The second-order valence-electron chi connectivity index (χ2n) is 6.12. The second-order valence-corrected chi connectivity index (χ2v) is 6.12. The number of amides is 2. The summed E-state index contributed by atoms with van der Waals surface area (Å²) in [5, 5.41) is 6.34. The molecule has 0 bridgehead atoms. The third kappa shape index (κ3) is 4.63. The smallest absolute Gasteiger partial charge is 0.269 e. The van der Waals surface area contributed by atoms with Gasteiger partial charge in [0.05, 0.1) is 12.3 Å². The van der Waals surface area contributed by atoms with E-state index in [4.69, 9.17) is 4.74 Å². The third-order valence-electron chi connectivity index (χ3n) is 4.12. The zero-order chi connectivity index (χ0) is 19.2. The molecule has 0 aliphatic carbocycles. The summed E-state index contributed by atoms with van der Waals surface area (Å²) < 4.78 is 5.34. The van der Waals surface area contributed by atoms with Crippen LogP contribution in [0.25, 0.3) is 0 Å². The monoisotopic (exact) mass is 366 g/mol. The van der Waals surface area contributed by atoms with Gasteiger partial charge in [-0.25, -0.2) is 0 Å². The van der Waals surface area contributed by atoms with E-state index in [2.05, 4.69) is 16.0 Å². The highest BCUT2D eigenvalue weighted by atomic mass is 16.5. The first-order valence-electron chi connectivity index (χ1n) is 8.82. The molecule has 0 fully saturated rings. The summed E-state index contributed by atoms with van der Waals surface area (Å²) in [4.78, 5) is 24.3. The molecule has 2 aromatic rings. The average Bonchev–Trinajstić information content (AvgIpc) is 3.13. The number of benzene rings is 2. The van der Waals surface area contributed by atoms with Crippen molar-refractivity contribution in [2.45, 2.75) is 20.3 Å². The fourth-order valence-electron chi connectivity index (χ4n) is 2.67. The molecule has 0 radical (unpaired) electrons. The number of nitrogens with one attached hydrogen (secondary N) is 2. The van der Waals surface area contributed by atoms with Crippen molar-refractivity contribution in [3.8, 4) is 5.75 Å². The average molecular weight is 366 g/mol. The van der Waals surface area contributed by atoms with Crippen LogP contribution >= 0.6 is 0 Å². The molecule has 2 amide bonds. The van der Waals surface area contributed by atoms with Gasteiger partial charge < -0.3 is 4.74 Å². The topological polar surface area (TPSA) is 83.0 Å². The molecular formula is C20H22N4O3. The fraction of sp³-hybridized carbons (Fsp3) is 0.250. The van der Waals surface area contributed by atoms with Crippen molar-refractivity contribution >= 4 is 23.2 Å². The van der Waals surface area contributed by atoms with Gasteiger partial charge in [0.15, 0.2) is 0 Å². The Labute approximate surface area is 158 Å². The highest BCUT2D eigenvalue weighted by Gasteiger charge is 2.14. The third-order valence-corrected chi connectivity index (χ3v) is 4.12. The molecule has 0 unspecified atom stereocenters. The van der Waals surface area contributed by atoms with Gasteiger partial charge in [0.1, 0.15) is 5.75 Å². The minimum Gasteiger partial charge on any atom is -0.494 e. The van der Waals surface area contributed by atoms with E-state index < -0.39 is 5.91 Å². The molecule has 140 valence electrons. The Morgan fingerprint density at radius 2 is 1.56 bits per heavy atom. The Morgan fingerprint density at radius 3 is 2.04 bits per heavy atom. The summed E-state index contributed by atoms with van der Waals surface area (Å²) in [6.45, 7) is 5.29. The van der Waals surface area contributed by atoms with E-state index in [0.717, 1.165) is 24.4 Å². The highest BCUT2D eigenvalue weighted by Crippen LogP contribution is 2.19. The lowest BCUT2D eigenvalue weighted by atomic mass is 10.2. The van der Waals surface area contributed by atoms with Crippen molar-refractivity contribution in [3.05, 3.63) is 59.7 Å². The number of hydrogen-bond acceptors (Lipinski definition) is 5. The van der Waals surface area contributed by atoms with E-state index in [0.29, 0.717) is 23.5 Å². The largest absolute Gasteiger partial charge is 0.494 e. The predicted molar refractivity (Wildman–Crippen MR) is 104 cm³/mol. The van der Waals surface area contributed by atoms with Crippen LogP contribution in [0.15, 0.2) is 53.6 Å². The molecule has 1 heterocycles. The molecule has 2 N–H and O–H groups in total. The fourth-order valence-corrected chi connectivity index (χ4v) is 2.67. The number of hydrazine groups is 1. The van der Waals surface area contributed by atoms with Crippen molar-refractivity contribution in [1.82, 2.24) is 10.9 Å². The van der Waals surface area contributed by atoms with Crippen LogP contribution in [0.4, 0.5) is 5.69 Å². The van der Waals surface area contributed by atoms with Crippen molar-refractivity contribution in [2.24, 2.45) is 5.10 Å². The Hall–Kier alpha value is -3.35. The quantitative estimate of drug-likeness (QED) is 0.797. The Balaban J connectivity index is 1.54. The summed E-state index contributed by atoms with van der Waals surface area (Å²) in [6, 6.07) is 13.8. The Bertz CT molecular complexity index is 845. The first-order valence-corrected chi connectivity index (χ1v) is 8.82. The van der Waals surface area contributed by atoms with Crippen LogP contribution in [0.1, 0.15) is 41.0 Å². The van der Waals surface area contributed by atoms with E-state index in [1.165, 1.54) is 0 Å². The van der Waals surface area contributed by atoms with Gasteiger partial charge in [0.25, 0.3) is 11.8 Å². The Morgan fingerprint density at radius 1 is 1.00 bits per heavy atom. The Kier molecular flexibility index (Phi) is 5.71. The van der Waals surface area contributed by atoms with Gasteiger partial charge in [-0.2, -0.15) is 5.10 Å². The molecule has 0 saturated heterocycles. The van der Waals surface area contributed by atoms with Crippen LogP contribution in [-0.2, 0) is 0 Å². The molecule has 27 heavy (non-hydrogen) atoms. The van der Waals surface area contributed by atoms with E-state index in [-0.39, 0.29) is 5.91 Å². The van der Waals surface area contributed by atoms with Gasteiger partial charge in [0, 0.05) is 29.8 Å². The molecule has 0 saturated carbocycles. The van der Waals surface area contributed by atoms with Crippen molar-refractivity contribution < 1.29 is 14.3 Å². The lowest BCUT2D eigenvalue weighted by molar-refractivity contribution is 0.0846.